The van der Waals surface area contributed by atoms with E-state index in [2.05, 4.69) is 101 Å². The SMILES string of the molecule is COCc1cc(-c2c3nc(c(-c4ccc(OC)c(COC)c4)c4ccc([nH]4)c(-c4ccc(OC)c(COC)c4)c4ccc([nH]4)c(-c4ccc(OC)c(COC)c4)c4nc2C=C4)C=C3)ccc1OC. The smallest absolute Gasteiger partial charge is 0.124 e. The van der Waals surface area contributed by atoms with E-state index in [1.54, 1.807) is 56.9 Å². The minimum Gasteiger partial charge on any atom is -0.496 e. The van der Waals surface area contributed by atoms with Crippen LogP contribution in [-0.2, 0) is 45.4 Å². The molecule has 12 heteroatoms. The average Bonchev–Trinajstić information content (AvgIpc) is 4.21. The number of hydrogen-bond donors (Lipinski definition) is 2. The molecular weight excluding hydrogens is 857 g/mol. The molecule has 68 heavy (non-hydrogen) atoms. The second-order valence-electron chi connectivity index (χ2n) is 16.3. The molecule has 0 unspecified atom stereocenters. The molecule has 5 heterocycles. The number of rotatable bonds is 16. The maximum Gasteiger partial charge on any atom is 0.124 e. The van der Waals surface area contributed by atoms with Gasteiger partial charge in [-0.1, -0.05) is 24.3 Å². The molecule has 0 saturated heterocycles. The molecule has 2 aliphatic rings. The number of H-pyrrole nitrogens is 2. The summed E-state index contributed by atoms with van der Waals surface area (Å²) >= 11 is 0. The van der Waals surface area contributed by atoms with Crippen LogP contribution >= 0.6 is 0 Å². The second-order valence-corrected chi connectivity index (χ2v) is 16.3. The van der Waals surface area contributed by atoms with Crippen LogP contribution in [0.4, 0.5) is 0 Å². The Balaban J connectivity index is 1.46. The fourth-order valence-electron chi connectivity index (χ4n) is 9.23. The van der Waals surface area contributed by atoms with E-state index in [0.29, 0.717) is 26.4 Å². The molecule has 0 saturated carbocycles. The number of ether oxygens (including phenoxy) is 8. The van der Waals surface area contributed by atoms with Gasteiger partial charge in [-0.25, -0.2) is 9.97 Å². The molecule has 0 aliphatic carbocycles. The zero-order valence-electron chi connectivity index (χ0n) is 39.5. The highest BCUT2D eigenvalue weighted by atomic mass is 16.5. The highest BCUT2D eigenvalue weighted by molar-refractivity contribution is 6.00. The quantitative estimate of drug-likeness (QED) is 0.0966. The molecule has 7 aromatic rings. The Kier molecular flexibility index (Phi) is 13.5. The van der Waals surface area contributed by atoms with E-state index < -0.39 is 0 Å². The van der Waals surface area contributed by atoms with Crippen molar-refractivity contribution in [3.8, 4) is 67.5 Å². The summed E-state index contributed by atoms with van der Waals surface area (Å²) < 4.78 is 45.7. The Hall–Kier alpha value is -7.48. The number of benzene rings is 4. The highest BCUT2D eigenvalue weighted by Crippen LogP contribution is 2.41. The van der Waals surface area contributed by atoms with Crippen molar-refractivity contribution in [2.24, 2.45) is 0 Å². The van der Waals surface area contributed by atoms with Crippen molar-refractivity contribution in [1.82, 2.24) is 19.9 Å². The van der Waals surface area contributed by atoms with Crippen molar-refractivity contribution >= 4 is 46.4 Å². The average molecular weight is 911 g/mol. The molecule has 346 valence electrons. The van der Waals surface area contributed by atoms with Crippen LogP contribution in [0.3, 0.4) is 0 Å². The Morgan fingerprint density at radius 2 is 0.588 bits per heavy atom. The van der Waals surface area contributed by atoms with Crippen LogP contribution in [0.5, 0.6) is 23.0 Å². The van der Waals surface area contributed by atoms with Crippen LogP contribution in [-0.4, -0.2) is 76.8 Å². The van der Waals surface area contributed by atoms with Gasteiger partial charge in [-0.15, -0.1) is 0 Å². The summed E-state index contributed by atoms with van der Waals surface area (Å²) in [6.45, 7) is 1.45. The molecule has 9 rings (SSSR count). The van der Waals surface area contributed by atoms with Crippen molar-refractivity contribution in [3.63, 3.8) is 0 Å². The minimum atomic E-state index is 0.357. The van der Waals surface area contributed by atoms with Crippen molar-refractivity contribution in [3.05, 3.63) is 142 Å². The van der Waals surface area contributed by atoms with Gasteiger partial charge in [0.15, 0.2) is 0 Å². The molecule has 2 N–H and O–H groups in total. The van der Waals surface area contributed by atoms with E-state index in [9.17, 15) is 0 Å². The third kappa shape index (κ3) is 8.78. The Bertz CT molecular complexity index is 3100. The number of fused-ring (bicyclic) bond motifs is 8. The predicted molar refractivity (Wildman–Crippen MR) is 270 cm³/mol. The first-order valence-corrected chi connectivity index (χ1v) is 22.1. The first-order valence-electron chi connectivity index (χ1n) is 22.1. The summed E-state index contributed by atoms with van der Waals surface area (Å²) in [7, 11) is 13.4. The number of nitrogens with zero attached hydrogens (tertiary/aromatic N) is 2. The molecule has 0 amide bonds. The van der Waals surface area contributed by atoms with Gasteiger partial charge in [-0.2, -0.15) is 0 Å². The zero-order valence-corrected chi connectivity index (χ0v) is 39.5. The van der Waals surface area contributed by atoms with Crippen molar-refractivity contribution in [1.29, 1.82) is 0 Å². The molecule has 3 aromatic heterocycles. The van der Waals surface area contributed by atoms with Crippen LogP contribution in [0.15, 0.2) is 97.1 Å². The minimum absolute atomic E-state index is 0.357. The van der Waals surface area contributed by atoms with Gasteiger partial charge in [0.05, 0.1) is 77.6 Å². The lowest BCUT2D eigenvalue weighted by molar-refractivity contribution is 0.181. The van der Waals surface area contributed by atoms with Crippen LogP contribution in [0.2, 0.25) is 0 Å². The molecule has 0 fully saturated rings. The Morgan fingerprint density at radius 1 is 0.324 bits per heavy atom. The lowest BCUT2D eigenvalue weighted by Gasteiger charge is -2.13. The van der Waals surface area contributed by atoms with Gasteiger partial charge in [0.2, 0.25) is 0 Å². The first-order chi connectivity index (χ1) is 33.3. The van der Waals surface area contributed by atoms with E-state index in [1.807, 2.05) is 30.3 Å². The lowest BCUT2D eigenvalue weighted by Crippen LogP contribution is -1.97. The Morgan fingerprint density at radius 3 is 0.882 bits per heavy atom. The van der Waals surface area contributed by atoms with Crippen LogP contribution in [0, 0.1) is 0 Å². The van der Waals surface area contributed by atoms with E-state index in [0.717, 1.165) is 135 Å². The maximum atomic E-state index is 5.79. The lowest BCUT2D eigenvalue weighted by atomic mass is 9.99. The largest absolute Gasteiger partial charge is 0.496 e. The predicted octanol–water partition coefficient (Wildman–Crippen LogP) is 11.9. The normalized spacial score (nSPS) is 11.9. The van der Waals surface area contributed by atoms with Gasteiger partial charge < -0.3 is 47.9 Å². The molecule has 0 spiro atoms. The van der Waals surface area contributed by atoms with Crippen molar-refractivity contribution in [2.75, 3.05) is 56.9 Å². The summed E-state index contributed by atoms with van der Waals surface area (Å²) in [4.78, 5) is 18.7. The third-order valence-corrected chi connectivity index (χ3v) is 12.2. The molecule has 0 radical (unpaired) electrons. The van der Waals surface area contributed by atoms with Gasteiger partial charge in [0, 0.05) is 95.0 Å². The molecule has 12 nitrogen and oxygen atoms in total. The van der Waals surface area contributed by atoms with Crippen LogP contribution in [0.1, 0.15) is 45.0 Å². The summed E-state index contributed by atoms with van der Waals surface area (Å²) in [6.07, 6.45) is 8.27. The van der Waals surface area contributed by atoms with Gasteiger partial charge in [0.1, 0.15) is 23.0 Å². The monoisotopic (exact) mass is 910 g/mol. The fourth-order valence-corrected chi connectivity index (χ4v) is 9.23. The fraction of sp³-hybridized carbons (Fsp3) is 0.214. The summed E-state index contributed by atoms with van der Waals surface area (Å²) in [5.74, 6) is 2.94. The summed E-state index contributed by atoms with van der Waals surface area (Å²) in [5.41, 5.74) is 17.4. The third-order valence-electron chi connectivity index (χ3n) is 12.2. The standard InChI is InChI=1S/C56H54N4O8/c1-61-29-37-25-33(9-21-49(37)65-5)53-41-13-15-43(57-41)54(34-10-22-50(66-6)38(26-34)30-62-2)45-17-19-47(59-45)56(36-12-24-52(68-8)40(28-36)32-64-4)48-20-18-46(60-48)55(44-16-14-42(53)58-44)35-11-23-51(67-7)39(27-35)31-63-3/h9-28,57-58H,29-32H2,1-8H3. The topological polar surface area (TPSA) is 131 Å². The second kappa shape index (κ2) is 20.2. The summed E-state index contributed by atoms with van der Waals surface area (Å²) in [5, 5.41) is 0. The molecule has 4 aromatic carbocycles. The number of hydrogen-bond acceptors (Lipinski definition) is 10. The Labute approximate surface area is 395 Å². The van der Waals surface area contributed by atoms with Crippen molar-refractivity contribution < 1.29 is 37.9 Å². The van der Waals surface area contributed by atoms with Gasteiger partial charge >= 0.3 is 0 Å². The van der Waals surface area contributed by atoms with Crippen LogP contribution < -0.4 is 18.9 Å². The summed E-state index contributed by atoms with van der Waals surface area (Å²) in [6, 6.07) is 33.1. The van der Waals surface area contributed by atoms with Gasteiger partial charge in [-0.3, -0.25) is 0 Å². The molecular formula is C56H54N4O8. The van der Waals surface area contributed by atoms with Crippen molar-refractivity contribution in [2.45, 2.75) is 26.4 Å². The highest BCUT2D eigenvalue weighted by Gasteiger charge is 2.22. The molecule has 0 atom stereocenters. The number of aromatic nitrogens is 4. The molecule has 8 bridgehead atoms. The van der Waals surface area contributed by atoms with E-state index in [4.69, 9.17) is 47.9 Å². The van der Waals surface area contributed by atoms with Crippen LogP contribution in [0.25, 0.3) is 90.9 Å². The molecule has 2 aliphatic heterocycles. The number of nitrogens with one attached hydrogen (secondary N) is 2. The van der Waals surface area contributed by atoms with Gasteiger partial charge in [0.25, 0.3) is 0 Å². The van der Waals surface area contributed by atoms with E-state index >= 15 is 0 Å². The number of methoxy groups -OCH3 is 8. The zero-order chi connectivity index (χ0) is 47.3. The maximum absolute atomic E-state index is 5.79. The first kappa shape index (κ1) is 45.7. The number of aromatic amines is 2. The van der Waals surface area contributed by atoms with E-state index in [-0.39, 0.29) is 0 Å². The van der Waals surface area contributed by atoms with Gasteiger partial charge in [-0.05, 0) is 119 Å². The van der Waals surface area contributed by atoms with E-state index in [1.165, 1.54) is 0 Å².